The number of benzene rings is 1. The van der Waals surface area contributed by atoms with E-state index >= 15 is 0 Å². The molecule has 0 fully saturated rings. The minimum Gasteiger partial charge on any atom is -0.395 e. The molecule has 24 heavy (non-hydrogen) atoms. The summed E-state index contributed by atoms with van der Waals surface area (Å²) in [6.07, 6.45) is 0.321. The lowest BCUT2D eigenvalue weighted by molar-refractivity contribution is 0.0780. The van der Waals surface area contributed by atoms with Crippen molar-refractivity contribution in [1.82, 2.24) is 4.98 Å². The number of aliphatic hydroxyl groups is 1. The van der Waals surface area contributed by atoms with Crippen LogP contribution in [0, 0.1) is 23.2 Å². The maximum Gasteiger partial charge on any atom is 0.142 e. The summed E-state index contributed by atoms with van der Waals surface area (Å²) in [6, 6.07) is 9.79. The standard InChI is InChI=1S/C19H17N3O2/c1-12-18-16(11-24-12)17(15(10-20)19(21)22-18)14-7-5-13(6-8-14)4-2-3-9-23/h5-8,12,23H,3,9,11H2,1H3,(H2,21,22). The number of nitriles is 1. The van der Waals surface area contributed by atoms with Crippen LogP contribution in [-0.2, 0) is 11.3 Å². The molecule has 0 spiro atoms. The van der Waals surface area contributed by atoms with Gasteiger partial charge in [0.25, 0.3) is 0 Å². The zero-order valence-corrected chi connectivity index (χ0v) is 13.3. The summed E-state index contributed by atoms with van der Waals surface area (Å²) < 4.78 is 5.66. The fraction of sp³-hybridized carbons (Fsp3) is 0.263. The molecule has 1 aromatic carbocycles. The van der Waals surface area contributed by atoms with Crippen molar-refractivity contribution >= 4 is 5.82 Å². The van der Waals surface area contributed by atoms with Gasteiger partial charge in [-0.05, 0) is 24.6 Å². The topological polar surface area (TPSA) is 92.2 Å². The number of rotatable bonds is 2. The van der Waals surface area contributed by atoms with Gasteiger partial charge in [0.15, 0.2) is 0 Å². The third kappa shape index (κ3) is 2.83. The predicted molar refractivity (Wildman–Crippen MR) is 90.6 cm³/mol. The van der Waals surface area contributed by atoms with Crippen LogP contribution in [0.1, 0.15) is 41.8 Å². The molecule has 0 saturated heterocycles. The number of aromatic nitrogens is 1. The highest BCUT2D eigenvalue weighted by Crippen LogP contribution is 2.39. The fourth-order valence-electron chi connectivity index (χ4n) is 2.80. The van der Waals surface area contributed by atoms with Crippen LogP contribution in [0.4, 0.5) is 5.82 Å². The first-order chi connectivity index (χ1) is 11.7. The van der Waals surface area contributed by atoms with E-state index in [2.05, 4.69) is 22.9 Å². The summed E-state index contributed by atoms with van der Waals surface area (Å²) in [5, 5.41) is 18.3. The average Bonchev–Trinajstić information content (AvgIpc) is 2.95. The molecule has 2 aromatic rings. The van der Waals surface area contributed by atoms with Crippen LogP contribution in [0.5, 0.6) is 0 Å². The SMILES string of the molecule is CC1OCc2c1nc(N)c(C#N)c2-c1ccc(C#CCCO)cc1. The van der Waals surface area contributed by atoms with Gasteiger partial charge in [0.05, 0.1) is 25.0 Å². The molecule has 1 aliphatic heterocycles. The molecule has 1 aromatic heterocycles. The minimum atomic E-state index is -0.127. The van der Waals surface area contributed by atoms with Gasteiger partial charge in [-0.25, -0.2) is 4.98 Å². The minimum absolute atomic E-state index is 0.0528. The largest absolute Gasteiger partial charge is 0.395 e. The number of aliphatic hydroxyl groups excluding tert-OH is 1. The van der Waals surface area contributed by atoms with E-state index in [1.807, 2.05) is 31.2 Å². The van der Waals surface area contributed by atoms with E-state index in [-0.39, 0.29) is 18.5 Å². The van der Waals surface area contributed by atoms with Gasteiger partial charge in [0, 0.05) is 23.1 Å². The molecule has 5 heteroatoms. The zero-order valence-electron chi connectivity index (χ0n) is 13.3. The van der Waals surface area contributed by atoms with Crippen LogP contribution in [0.15, 0.2) is 24.3 Å². The first kappa shape index (κ1) is 16.0. The lowest BCUT2D eigenvalue weighted by Crippen LogP contribution is -2.04. The number of fused-ring (bicyclic) bond motifs is 1. The Hall–Kier alpha value is -2.86. The van der Waals surface area contributed by atoms with Gasteiger partial charge < -0.3 is 15.6 Å². The average molecular weight is 319 g/mol. The number of hydrogen-bond acceptors (Lipinski definition) is 5. The van der Waals surface area contributed by atoms with Crippen LogP contribution in [0.3, 0.4) is 0 Å². The molecular weight excluding hydrogens is 302 g/mol. The quantitative estimate of drug-likeness (QED) is 0.830. The third-order valence-corrected chi connectivity index (χ3v) is 3.98. The molecule has 3 rings (SSSR count). The van der Waals surface area contributed by atoms with E-state index in [9.17, 15) is 5.26 Å². The van der Waals surface area contributed by atoms with Crippen LogP contribution >= 0.6 is 0 Å². The Bertz CT molecular complexity index is 871. The van der Waals surface area contributed by atoms with Gasteiger partial charge in [0.2, 0.25) is 0 Å². The Morgan fingerprint density at radius 2 is 2.12 bits per heavy atom. The van der Waals surface area contributed by atoms with Gasteiger partial charge >= 0.3 is 0 Å². The number of anilines is 1. The van der Waals surface area contributed by atoms with E-state index in [0.717, 1.165) is 27.9 Å². The normalized spacial score (nSPS) is 15.3. The van der Waals surface area contributed by atoms with Gasteiger partial charge in [0.1, 0.15) is 17.5 Å². The number of nitrogen functional groups attached to an aromatic ring is 1. The van der Waals surface area contributed by atoms with E-state index in [4.69, 9.17) is 15.6 Å². The van der Waals surface area contributed by atoms with Crippen molar-refractivity contribution in [2.75, 3.05) is 12.3 Å². The smallest absolute Gasteiger partial charge is 0.142 e. The summed E-state index contributed by atoms with van der Waals surface area (Å²) in [5.41, 5.74) is 10.6. The Morgan fingerprint density at radius 1 is 1.38 bits per heavy atom. The highest BCUT2D eigenvalue weighted by atomic mass is 16.5. The van der Waals surface area contributed by atoms with Crippen LogP contribution in [0.2, 0.25) is 0 Å². The van der Waals surface area contributed by atoms with Crippen molar-refractivity contribution in [2.45, 2.75) is 26.1 Å². The van der Waals surface area contributed by atoms with Gasteiger partial charge in [-0.15, -0.1) is 0 Å². The van der Waals surface area contributed by atoms with Crippen molar-refractivity contribution in [3.63, 3.8) is 0 Å². The maximum atomic E-state index is 9.50. The molecule has 1 unspecified atom stereocenters. The highest BCUT2D eigenvalue weighted by Gasteiger charge is 2.28. The summed E-state index contributed by atoms with van der Waals surface area (Å²) >= 11 is 0. The van der Waals surface area contributed by atoms with Gasteiger partial charge in [-0.3, -0.25) is 0 Å². The first-order valence-electron chi connectivity index (χ1n) is 7.69. The second-order valence-electron chi connectivity index (χ2n) is 5.53. The number of hydrogen-bond donors (Lipinski definition) is 2. The Kier molecular flexibility index (Phi) is 4.48. The Morgan fingerprint density at radius 3 is 2.79 bits per heavy atom. The summed E-state index contributed by atoms with van der Waals surface area (Å²) in [5.74, 6) is 6.11. The number of nitrogens with zero attached hydrogens (tertiary/aromatic N) is 2. The first-order valence-corrected chi connectivity index (χ1v) is 7.69. The molecule has 5 nitrogen and oxygen atoms in total. The summed E-state index contributed by atoms with van der Waals surface area (Å²) in [4.78, 5) is 4.34. The third-order valence-electron chi connectivity index (χ3n) is 3.98. The second-order valence-corrected chi connectivity index (χ2v) is 5.53. The second kappa shape index (κ2) is 6.72. The number of pyridine rings is 1. The molecule has 0 radical (unpaired) electrons. The zero-order chi connectivity index (χ0) is 17.1. The van der Waals surface area contributed by atoms with E-state index < -0.39 is 0 Å². The molecule has 0 bridgehead atoms. The van der Waals surface area contributed by atoms with Crippen molar-refractivity contribution in [3.8, 4) is 29.0 Å². The van der Waals surface area contributed by atoms with E-state index in [0.29, 0.717) is 18.6 Å². The van der Waals surface area contributed by atoms with Gasteiger partial charge in [-0.2, -0.15) is 5.26 Å². The van der Waals surface area contributed by atoms with Crippen LogP contribution < -0.4 is 5.73 Å². The fourth-order valence-corrected chi connectivity index (χ4v) is 2.80. The monoisotopic (exact) mass is 319 g/mol. The van der Waals surface area contributed by atoms with E-state index in [1.165, 1.54) is 0 Å². The lowest BCUT2D eigenvalue weighted by Gasteiger charge is -2.12. The molecule has 2 heterocycles. The van der Waals surface area contributed by atoms with Gasteiger partial charge in [-0.1, -0.05) is 24.0 Å². The molecule has 120 valence electrons. The summed E-state index contributed by atoms with van der Waals surface area (Å²) in [6.45, 7) is 2.40. The van der Waals surface area contributed by atoms with Crippen molar-refractivity contribution in [1.29, 1.82) is 5.26 Å². The molecule has 0 amide bonds. The molecule has 0 saturated carbocycles. The Labute approximate surface area is 140 Å². The molecule has 1 atom stereocenters. The summed E-state index contributed by atoms with van der Waals surface area (Å²) in [7, 11) is 0. The lowest BCUT2D eigenvalue weighted by atomic mass is 9.93. The predicted octanol–water partition coefficient (Wildman–Crippen LogP) is 2.53. The Balaban J connectivity index is 2.09. The van der Waals surface area contributed by atoms with Crippen LogP contribution in [0.25, 0.3) is 11.1 Å². The van der Waals surface area contributed by atoms with Crippen LogP contribution in [-0.4, -0.2) is 16.7 Å². The molecule has 0 aliphatic carbocycles. The molecular formula is C19H17N3O2. The maximum absolute atomic E-state index is 9.50. The number of ether oxygens (including phenoxy) is 1. The van der Waals surface area contributed by atoms with Crippen molar-refractivity contribution in [2.24, 2.45) is 0 Å². The van der Waals surface area contributed by atoms with E-state index in [1.54, 1.807) is 0 Å². The van der Waals surface area contributed by atoms with Crippen molar-refractivity contribution in [3.05, 3.63) is 46.6 Å². The highest BCUT2D eigenvalue weighted by molar-refractivity contribution is 5.79. The number of nitrogens with two attached hydrogens (primary N) is 1. The molecule has 1 aliphatic rings. The molecule has 3 N–H and O–H groups in total. The van der Waals surface area contributed by atoms with Crippen molar-refractivity contribution < 1.29 is 9.84 Å².